The Morgan fingerprint density at radius 2 is 2.10 bits per heavy atom. The van der Waals surface area contributed by atoms with Gasteiger partial charge in [-0.3, -0.25) is 19.2 Å². The maximum Gasteiger partial charge on any atom is 0.305 e. The molecule has 1 N–H and O–H groups in total. The first-order valence-electron chi connectivity index (χ1n) is 5.68. The molecule has 9 nitrogen and oxygen atoms in total. The van der Waals surface area contributed by atoms with Crippen molar-refractivity contribution >= 4 is 27.4 Å². The highest BCUT2D eigenvalue weighted by molar-refractivity contribution is 7.92. The minimum absolute atomic E-state index is 0.0737. The van der Waals surface area contributed by atoms with Gasteiger partial charge in [0.25, 0.3) is 5.69 Å². The van der Waals surface area contributed by atoms with Crippen LogP contribution in [0.15, 0.2) is 18.2 Å². The smallest absolute Gasteiger partial charge is 0.305 e. The average Bonchev–Trinajstić information content (AvgIpc) is 2.36. The van der Waals surface area contributed by atoms with Gasteiger partial charge in [0, 0.05) is 18.7 Å². The number of nitrogens with zero attached hydrogens (tertiary/aromatic N) is 2. The SMILES string of the molecule is COc1ccc([N+](=O)[O-])cc1N(CCC(=O)O)S(C)(=O)=O. The zero-order valence-electron chi connectivity index (χ0n) is 11.3. The Bertz CT molecular complexity index is 657. The van der Waals surface area contributed by atoms with Crippen molar-refractivity contribution in [3.8, 4) is 5.75 Å². The zero-order chi connectivity index (χ0) is 16.2. The molecule has 0 aromatic heterocycles. The first kappa shape index (κ1) is 16.7. The van der Waals surface area contributed by atoms with Gasteiger partial charge in [0.15, 0.2) is 0 Å². The molecule has 0 aliphatic heterocycles. The Morgan fingerprint density at radius 3 is 2.52 bits per heavy atom. The van der Waals surface area contributed by atoms with Crippen LogP contribution in [0.2, 0.25) is 0 Å². The number of benzene rings is 1. The van der Waals surface area contributed by atoms with E-state index in [1.165, 1.54) is 19.2 Å². The Balaban J connectivity index is 3.37. The molecule has 0 radical (unpaired) electrons. The van der Waals surface area contributed by atoms with Crippen molar-refractivity contribution in [2.75, 3.05) is 24.2 Å². The molecule has 0 aliphatic rings. The predicted octanol–water partition coefficient (Wildman–Crippen LogP) is 0.844. The molecule has 0 atom stereocenters. The zero-order valence-corrected chi connectivity index (χ0v) is 12.2. The summed E-state index contributed by atoms with van der Waals surface area (Å²) in [6.45, 7) is -0.355. The highest BCUT2D eigenvalue weighted by Gasteiger charge is 2.24. The van der Waals surface area contributed by atoms with Gasteiger partial charge in [-0.05, 0) is 6.07 Å². The van der Waals surface area contributed by atoms with Crippen LogP contribution in [-0.2, 0) is 14.8 Å². The van der Waals surface area contributed by atoms with Crippen LogP contribution in [0.4, 0.5) is 11.4 Å². The summed E-state index contributed by atoms with van der Waals surface area (Å²) in [6.07, 6.45) is 0.437. The van der Waals surface area contributed by atoms with Crippen LogP contribution in [0.25, 0.3) is 0 Å². The van der Waals surface area contributed by atoms with Gasteiger partial charge >= 0.3 is 5.97 Å². The Morgan fingerprint density at radius 1 is 1.48 bits per heavy atom. The van der Waals surface area contributed by atoms with Gasteiger partial charge in [-0.1, -0.05) is 0 Å². The van der Waals surface area contributed by atoms with Crippen molar-refractivity contribution in [3.63, 3.8) is 0 Å². The number of nitro groups is 1. The van der Waals surface area contributed by atoms with Gasteiger partial charge in [-0.15, -0.1) is 0 Å². The molecule has 0 heterocycles. The summed E-state index contributed by atoms with van der Waals surface area (Å²) in [6, 6.07) is 3.45. The van der Waals surface area contributed by atoms with Crippen LogP contribution in [0.1, 0.15) is 6.42 Å². The van der Waals surface area contributed by atoms with E-state index >= 15 is 0 Å². The molecule has 0 fully saturated rings. The number of carboxylic acids is 1. The van der Waals surface area contributed by atoms with Crippen molar-refractivity contribution in [3.05, 3.63) is 28.3 Å². The lowest BCUT2D eigenvalue weighted by atomic mass is 10.2. The fourth-order valence-electron chi connectivity index (χ4n) is 1.65. The van der Waals surface area contributed by atoms with E-state index in [1.807, 2.05) is 0 Å². The van der Waals surface area contributed by atoms with E-state index in [1.54, 1.807) is 0 Å². The lowest BCUT2D eigenvalue weighted by Crippen LogP contribution is -2.32. The molecule has 10 heteroatoms. The first-order valence-corrected chi connectivity index (χ1v) is 7.53. The third kappa shape index (κ3) is 4.31. The van der Waals surface area contributed by atoms with E-state index in [4.69, 9.17) is 9.84 Å². The number of rotatable bonds is 7. The maximum absolute atomic E-state index is 11.8. The van der Waals surface area contributed by atoms with Crippen molar-refractivity contribution in [2.24, 2.45) is 0 Å². The van der Waals surface area contributed by atoms with Gasteiger partial charge in [-0.2, -0.15) is 0 Å². The molecule has 0 saturated carbocycles. The maximum atomic E-state index is 11.8. The number of sulfonamides is 1. The van der Waals surface area contributed by atoms with Crippen molar-refractivity contribution in [1.29, 1.82) is 0 Å². The van der Waals surface area contributed by atoms with Crippen molar-refractivity contribution < 1.29 is 28.0 Å². The fourth-order valence-corrected chi connectivity index (χ4v) is 2.57. The number of non-ortho nitro benzene ring substituents is 1. The molecular formula is C11H14N2O7S. The summed E-state index contributed by atoms with van der Waals surface area (Å²) in [5.74, 6) is -1.09. The molecular weight excluding hydrogens is 304 g/mol. The lowest BCUT2D eigenvalue weighted by Gasteiger charge is -2.23. The van der Waals surface area contributed by atoms with Crippen LogP contribution in [0, 0.1) is 10.1 Å². The number of anilines is 1. The summed E-state index contributed by atoms with van der Waals surface area (Å²) in [7, 11) is -2.54. The molecule has 1 aromatic carbocycles. The quantitative estimate of drug-likeness (QED) is 0.583. The number of carbonyl (C=O) groups is 1. The third-order valence-corrected chi connectivity index (χ3v) is 3.75. The van der Waals surface area contributed by atoms with E-state index < -0.39 is 27.3 Å². The van der Waals surface area contributed by atoms with Crippen LogP contribution in [0.5, 0.6) is 5.75 Å². The minimum Gasteiger partial charge on any atom is -0.495 e. The van der Waals surface area contributed by atoms with Crippen LogP contribution in [-0.4, -0.2) is 44.3 Å². The largest absolute Gasteiger partial charge is 0.495 e. The van der Waals surface area contributed by atoms with Gasteiger partial charge in [0.1, 0.15) is 11.4 Å². The molecule has 1 aromatic rings. The van der Waals surface area contributed by atoms with Gasteiger partial charge < -0.3 is 9.84 Å². The highest BCUT2D eigenvalue weighted by atomic mass is 32.2. The number of methoxy groups -OCH3 is 1. The Hall–Kier alpha value is -2.36. The first-order chi connectivity index (χ1) is 9.66. The third-order valence-electron chi connectivity index (χ3n) is 2.57. The molecule has 116 valence electrons. The normalized spacial score (nSPS) is 11.0. The predicted molar refractivity (Wildman–Crippen MR) is 74.1 cm³/mol. The number of ether oxygens (including phenoxy) is 1. The van der Waals surface area contributed by atoms with E-state index in [-0.39, 0.29) is 23.7 Å². The second-order valence-corrected chi connectivity index (χ2v) is 6.00. The number of carboxylic acid groups (broad SMARTS) is 1. The molecule has 1 rings (SSSR count). The summed E-state index contributed by atoms with van der Waals surface area (Å²) >= 11 is 0. The second-order valence-electron chi connectivity index (χ2n) is 4.09. The number of hydrogen-bond donors (Lipinski definition) is 1. The van der Waals surface area contributed by atoms with E-state index in [0.29, 0.717) is 0 Å². The van der Waals surface area contributed by atoms with Crippen LogP contribution in [0.3, 0.4) is 0 Å². The van der Waals surface area contributed by atoms with Gasteiger partial charge in [-0.25, -0.2) is 8.42 Å². The molecule has 0 aliphatic carbocycles. The summed E-state index contributed by atoms with van der Waals surface area (Å²) in [5, 5.41) is 19.5. The molecule has 21 heavy (non-hydrogen) atoms. The molecule has 0 amide bonds. The minimum atomic E-state index is -3.82. The highest BCUT2D eigenvalue weighted by Crippen LogP contribution is 2.33. The molecule has 0 spiro atoms. The van der Waals surface area contributed by atoms with Crippen LogP contribution >= 0.6 is 0 Å². The van der Waals surface area contributed by atoms with Crippen molar-refractivity contribution in [2.45, 2.75) is 6.42 Å². The second kappa shape index (κ2) is 6.39. The average molecular weight is 318 g/mol. The van der Waals surface area contributed by atoms with E-state index in [0.717, 1.165) is 16.6 Å². The standard InChI is InChI=1S/C11H14N2O7S/c1-20-10-4-3-8(13(16)17)7-9(10)12(21(2,18)19)6-5-11(14)15/h3-4,7H,5-6H2,1-2H3,(H,14,15). The molecule has 0 unspecified atom stereocenters. The number of hydrogen-bond acceptors (Lipinski definition) is 6. The number of nitro benzene ring substituents is 1. The Labute approximate surface area is 120 Å². The summed E-state index contributed by atoms with van der Waals surface area (Å²) in [4.78, 5) is 20.7. The van der Waals surface area contributed by atoms with E-state index in [2.05, 4.69) is 0 Å². The van der Waals surface area contributed by atoms with Crippen molar-refractivity contribution in [1.82, 2.24) is 0 Å². The molecule has 0 saturated heterocycles. The lowest BCUT2D eigenvalue weighted by molar-refractivity contribution is -0.384. The van der Waals surface area contributed by atoms with Crippen LogP contribution < -0.4 is 9.04 Å². The van der Waals surface area contributed by atoms with Gasteiger partial charge in [0.2, 0.25) is 10.0 Å². The topological polar surface area (TPSA) is 127 Å². The summed E-state index contributed by atoms with van der Waals surface area (Å²) in [5.41, 5.74) is -0.398. The Kier molecular flexibility index (Phi) is 5.08. The van der Waals surface area contributed by atoms with Gasteiger partial charge in [0.05, 0.1) is 24.7 Å². The summed E-state index contributed by atoms with van der Waals surface area (Å²) < 4.78 is 29.4. The monoisotopic (exact) mass is 318 g/mol. The fraction of sp³-hybridized carbons (Fsp3) is 0.364. The van der Waals surface area contributed by atoms with E-state index in [9.17, 15) is 23.3 Å². The number of aliphatic carboxylic acids is 1. The molecule has 0 bridgehead atoms.